The number of nitrogens with zero attached hydrogens (tertiary/aromatic N) is 2. The molecule has 0 aromatic heterocycles. The molecule has 1 heterocycles. The van der Waals surface area contributed by atoms with Crippen LogP contribution in [0.5, 0.6) is 0 Å². The largest absolute Gasteiger partial charge is 0.341 e. The summed E-state index contributed by atoms with van der Waals surface area (Å²) in [4.78, 5) is 28.3. The number of carbonyl (C=O) groups excluding carboxylic acids is 2. The van der Waals surface area contributed by atoms with Crippen molar-refractivity contribution >= 4 is 11.9 Å². The van der Waals surface area contributed by atoms with Crippen LogP contribution < -0.4 is 5.32 Å². The number of nitrogens with one attached hydrogen (secondary N) is 1. The molecule has 3 rings (SSSR count). The Morgan fingerprint density at radius 3 is 2.43 bits per heavy atom. The Morgan fingerprint density at radius 2 is 1.75 bits per heavy atom. The molecular weight excluding hydrogens is 350 g/mol. The van der Waals surface area contributed by atoms with Gasteiger partial charge in [-0.1, -0.05) is 60.7 Å². The van der Waals surface area contributed by atoms with Crippen molar-refractivity contribution in [1.82, 2.24) is 15.1 Å². The molecule has 148 valence electrons. The highest BCUT2D eigenvalue weighted by Gasteiger charge is 2.21. The summed E-state index contributed by atoms with van der Waals surface area (Å²) in [7, 11) is 1.79. The topological polar surface area (TPSA) is 52.7 Å². The van der Waals surface area contributed by atoms with Gasteiger partial charge in [0.25, 0.3) is 0 Å². The zero-order chi connectivity index (χ0) is 19.8. The normalized spacial score (nSPS) is 15.2. The summed E-state index contributed by atoms with van der Waals surface area (Å²) >= 11 is 0. The Labute approximate surface area is 167 Å². The van der Waals surface area contributed by atoms with Gasteiger partial charge in [0.05, 0.1) is 6.04 Å². The zero-order valence-corrected chi connectivity index (χ0v) is 16.5. The fraction of sp³-hybridized carbons (Fsp3) is 0.391. The van der Waals surface area contributed by atoms with Crippen LogP contribution >= 0.6 is 0 Å². The summed E-state index contributed by atoms with van der Waals surface area (Å²) in [5, 5.41) is 3.16. The van der Waals surface area contributed by atoms with Gasteiger partial charge in [0.1, 0.15) is 0 Å². The van der Waals surface area contributed by atoms with E-state index in [0.717, 1.165) is 31.4 Å². The van der Waals surface area contributed by atoms with Crippen molar-refractivity contribution in [2.75, 3.05) is 26.7 Å². The first-order chi connectivity index (χ1) is 13.6. The maximum absolute atomic E-state index is 12.8. The number of likely N-dealkylation sites (N-methyl/N-ethyl adjacent to an activating group) is 1. The van der Waals surface area contributed by atoms with Crippen molar-refractivity contribution in [1.29, 1.82) is 0 Å². The number of hydrogen-bond donors (Lipinski definition) is 1. The van der Waals surface area contributed by atoms with Crippen LogP contribution in [0.15, 0.2) is 60.7 Å². The van der Waals surface area contributed by atoms with Gasteiger partial charge in [-0.2, -0.15) is 0 Å². The average molecular weight is 380 g/mol. The number of amides is 3. The molecule has 5 heteroatoms. The van der Waals surface area contributed by atoms with Crippen LogP contribution in [0, 0.1) is 0 Å². The molecule has 28 heavy (non-hydrogen) atoms. The third kappa shape index (κ3) is 5.59. The van der Waals surface area contributed by atoms with Crippen LogP contribution in [0.2, 0.25) is 0 Å². The molecule has 5 nitrogen and oxygen atoms in total. The van der Waals surface area contributed by atoms with Crippen LogP contribution in [0.3, 0.4) is 0 Å². The van der Waals surface area contributed by atoms with E-state index >= 15 is 0 Å². The minimum atomic E-state index is -0.116. The van der Waals surface area contributed by atoms with E-state index in [-0.39, 0.29) is 18.0 Å². The van der Waals surface area contributed by atoms with Crippen LogP contribution in [-0.4, -0.2) is 48.4 Å². The van der Waals surface area contributed by atoms with Crippen LogP contribution in [0.25, 0.3) is 0 Å². The van der Waals surface area contributed by atoms with Crippen LogP contribution in [0.4, 0.5) is 4.79 Å². The van der Waals surface area contributed by atoms with Gasteiger partial charge >= 0.3 is 6.03 Å². The van der Waals surface area contributed by atoms with Crippen molar-refractivity contribution in [3.8, 4) is 0 Å². The minimum absolute atomic E-state index is 0.102. The van der Waals surface area contributed by atoms with Gasteiger partial charge in [-0.05, 0) is 30.4 Å². The van der Waals surface area contributed by atoms with E-state index in [2.05, 4.69) is 17.4 Å². The van der Waals surface area contributed by atoms with E-state index in [0.29, 0.717) is 19.5 Å². The third-order valence-corrected chi connectivity index (χ3v) is 5.26. The summed E-state index contributed by atoms with van der Waals surface area (Å²) in [6.45, 7) is 1.93. The van der Waals surface area contributed by atoms with Gasteiger partial charge in [-0.15, -0.1) is 0 Å². The lowest BCUT2D eigenvalue weighted by Gasteiger charge is -2.29. The van der Waals surface area contributed by atoms with E-state index < -0.39 is 0 Å². The molecule has 1 N–H and O–H groups in total. The Balaban J connectivity index is 1.60. The molecule has 0 radical (unpaired) electrons. The highest BCUT2D eigenvalue weighted by molar-refractivity contribution is 5.77. The Morgan fingerprint density at radius 1 is 1.07 bits per heavy atom. The fourth-order valence-corrected chi connectivity index (χ4v) is 3.52. The van der Waals surface area contributed by atoms with Crippen molar-refractivity contribution in [3.63, 3.8) is 0 Å². The first-order valence-electron chi connectivity index (χ1n) is 10.0. The molecular formula is C23H29N3O2. The molecule has 1 unspecified atom stereocenters. The van der Waals surface area contributed by atoms with Crippen LogP contribution in [-0.2, 0) is 11.2 Å². The lowest BCUT2D eigenvalue weighted by molar-refractivity contribution is -0.133. The van der Waals surface area contributed by atoms with Crippen molar-refractivity contribution in [2.45, 2.75) is 31.7 Å². The Kier molecular flexibility index (Phi) is 7.06. The van der Waals surface area contributed by atoms with Crippen molar-refractivity contribution in [3.05, 3.63) is 71.8 Å². The average Bonchev–Trinajstić information content (AvgIpc) is 2.74. The predicted octanol–water partition coefficient (Wildman–Crippen LogP) is 3.62. The highest BCUT2D eigenvalue weighted by atomic mass is 16.2. The molecule has 3 amide bonds. The number of piperidine rings is 1. The number of urea groups is 1. The van der Waals surface area contributed by atoms with Gasteiger partial charge in [0, 0.05) is 33.1 Å². The maximum atomic E-state index is 12.8. The molecule has 0 bridgehead atoms. The summed E-state index contributed by atoms with van der Waals surface area (Å²) in [6.07, 6.45) is 3.39. The quantitative estimate of drug-likeness (QED) is 0.799. The summed E-state index contributed by atoms with van der Waals surface area (Å²) in [6, 6.07) is 20.0. The molecule has 0 spiro atoms. The SMILES string of the molecule is CN(CCN1CCCCC1=O)C(=O)NC(Cc1ccccc1)c1ccccc1. The zero-order valence-electron chi connectivity index (χ0n) is 16.5. The standard InChI is InChI=1S/C23H29N3O2/c1-25(16-17-26-15-9-8-14-22(26)27)23(28)24-21(20-12-6-3-7-13-20)18-19-10-4-2-5-11-19/h2-7,10-13,21H,8-9,14-18H2,1H3,(H,24,28). The molecule has 1 atom stereocenters. The number of carbonyl (C=O) groups is 2. The number of benzene rings is 2. The molecule has 1 saturated heterocycles. The number of hydrogen-bond acceptors (Lipinski definition) is 2. The molecule has 1 aliphatic rings. The number of likely N-dealkylation sites (tertiary alicyclic amines) is 1. The van der Waals surface area contributed by atoms with Gasteiger partial charge < -0.3 is 15.1 Å². The lowest BCUT2D eigenvalue weighted by Crippen LogP contribution is -2.45. The van der Waals surface area contributed by atoms with Gasteiger partial charge in [-0.3, -0.25) is 4.79 Å². The second kappa shape index (κ2) is 9.93. The van der Waals surface area contributed by atoms with E-state index in [1.54, 1.807) is 11.9 Å². The van der Waals surface area contributed by atoms with Gasteiger partial charge in [0.2, 0.25) is 5.91 Å². The highest BCUT2D eigenvalue weighted by Crippen LogP contribution is 2.19. The fourth-order valence-electron chi connectivity index (χ4n) is 3.52. The molecule has 1 fully saturated rings. The summed E-state index contributed by atoms with van der Waals surface area (Å²) < 4.78 is 0. The maximum Gasteiger partial charge on any atom is 0.317 e. The molecule has 2 aromatic rings. The van der Waals surface area contributed by atoms with E-state index in [4.69, 9.17) is 0 Å². The molecule has 2 aromatic carbocycles. The first kappa shape index (κ1) is 19.9. The monoisotopic (exact) mass is 379 g/mol. The van der Waals surface area contributed by atoms with E-state index in [9.17, 15) is 9.59 Å². The Bertz CT molecular complexity index is 764. The second-order valence-electron chi connectivity index (χ2n) is 7.36. The van der Waals surface area contributed by atoms with Crippen molar-refractivity contribution in [2.24, 2.45) is 0 Å². The molecule has 0 aliphatic carbocycles. The predicted molar refractivity (Wildman–Crippen MR) is 111 cm³/mol. The molecule has 1 aliphatic heterocycles. The van der Waals surface area contributed by atoms with Gasteiger partial charge in [0.15, 0.2) is 0 Å². The lowest BCUT2D eigenvalue weighted by atomic mass is 9.99. The van der Waals surface area contributed by atoms with Crippen molar-refractivity contribution < 1.29 is 9.59 Å². The first-order valence-corrected chi connectivity index (χ1v) is 10.0. The van der Waals surface area contributed by atoms with E-state index in [1.165, 1.54) is 5.56 Å². The van der Waals surface area contributed by atoms with Gasteiger partial charge in [-0.25, -0.2) is 4.79 Å². The Hall–Kier alpha value is -2.82. The number of rotatable bonds is 7. The summed E-state index contributed by atoms with van der Waals surface area (Å²) in [5.41, 5.74) is 2.26. The smallest absolute Gasteiger partial charge is 0.317 e. The van der Waals surface area contributed by atoms with Crippen LogP contribution in [0.1, 0.15) is 36.4 Å². The third-order valence-electron chi connectivity index (χ3n) is 5.26. The second-order valence-corrected chi connectivity index (χ2v) is 7.36. The minimum Gasteiger partial charge on any atom is -0.341 e. The summed E-state index contributed by atoms with van der Waals surface area (Å²) in [5.74, 6) is 0.200. The molecule has 0 saturated carbocycles. The van der Waals surface area contributed by atoms with E-state index in [1.807, 2.05) is 53.4 Å².